The Hall–Kier alpha value is -2.75. The topological polar surface area (TPSA) is 108 Å². The summed E-state index contributed by atoms with van der Waals surface area (Å²) in [5.41, 5.74) is -1.14. The number of rotatable bonds is 3. The van der Waals surface area contributed by atoms with Crippen LogP contribution in [0.5, 0.6) is 5.75 Å². The van der Waals surface area contributed by atoms with E-state index in [0.29, 0.717) is 31.7 Å². The van der Waals surface area contributed by atoms with Crippen molar-refractivity contribution in [3.63, 3.8) is 0 Å². The van der Waals surface area contributed by atoms with Gasteiger partial charge in [-0.25, -0.2) is 9.59 Å². The monoisotopic (exact) mass is 453 g/mol. The first-order valence-electron chi connectivity index (χ1n) is 9.83. The van der Waals surface area contributed by atoms with Gasteiger partial charge < -0.3 is 23.3 Å². The number of carbonyl (C=O) groups is 2. The smallest absolute Gasteiger partial charge is 0.410 e. The van der Waals surface area contributed by atoms with E-state index < -0.39 is 33.4 Å². The van der Waals surface area contributed by atoms with Gasteiger partial charge in [0.25, 0.3) is 0 Å². The lowest BCUT2D eigenvalue weighted by molar-refractivity contribution is -0.00171. The van der Waals surface area contributed by atoms with E-state index in [-0.39, 0.29) is 16.9 Å². The maximum absolute atomic E-state index is 12.4. The summed E-state index contributed by atoms with van der Waals surface area (Å²) in [6.07, 6.45) is 2.88. The van der Waals surface area contributed by atoms with E-state index >= 15 is 0 Å². The first-order chi connectivity index (χ1) is 14.3. The number of hydrogen-bond donors (Lipinski definition) is 0. The van der Waals surface area contributed by atoms with Crippen molar-refractivity contribution in [2.75, 3.05) is 26.5 Å². The Kier molecular flexibility index (Phi) is 5.96. The van der Waals surface area contributed by atoms with Crippen LogP contribution in [0.3, 0.4) is 0 Å². The van der Waals surface area contributed by atoms with Crippen LogP contribution in [0.2, 0.25) is 0 Å². The summed E-state index contributed by atoms with van der Waals surface area (Å²) in [6, 6.07) is 4.77. The lowest BCUT2D eigenvalue weighted by Crippen LogP contribution is -2.50. The molecule has 0 bridgehead atoms. The predicted molar refractivity (Wildman–Crippen MR) is 112 cm³/mol. The van der Waals surface area contributed by atoms with Crippen molar-refractivity contribution in [2.45, 2.75) is 44.8 Å². The molecule has 2 aliphatic rings. The first kappa shape index (κ1) is 22.9. The molecule has 10 heteroatoms. The third-order valence-corrected chi connectivity index (χ3v) is 5.37. The quantitative estimate of drug-likeness (QED) is 0.508. The van der Waals surface area contributed by atoms with E-state index in [1.807, 2.05) is 0 Å². The Bertz CT molecular complexity index is 1010. The molecular weight excluding hydrogens is 426 g/mol. The van der Waals surface area contributed by atoms with Gasteiger partial charge in [-0.05, 0) is 32.9 Å². The number of carbonyl (C=O) groups excluding carboxylic acids is 2. The molecule has 1 fully saturated rings. The van der Waals surface area contributed by atoms with Crippen LogP contribution in [0.25, 0.3) is 5.76 Å². The van der Waals surface area contributed by atoms with Crippen molar-refractivity contribution in [2.24, 2.45) is 0 Å². The average molecular weight is 454 g/mol. The highest BCUT2D eigenvalue weighted by Gasteiger charge is 2.43. The molecule has 1 spiro atoms. The minimum atomic E-state index is -3.88. The van der Waals surface area contributed by atoms with Gasteiger partial charge in [-0.3, -0.25) is 0 Å². The molecule has 170 valence electrons. The Morgan fingerprint density at radius 3 is 2.35 bits per heavy atom. The van der Waals surface area contributed by atoms with Crippen molar-refractivity contribution in [3.8, 4) is 5.75 Å². The highest BCUT2D eigenvalue weighted by molar-refractivity contribution is 7.86. The van der Waals surface area contributed by atoms with Crippen molar-refractivity contribution in [1.29, 1.82) is 0 Å². The zero-order valence-electron chi connectivity index (χ0n) is 18.3. The number of likely N-dealkylation sites (tertiary alicyclic amines) is 1. The molecular formula is C21H27NO8S. The Balaban J connectivity index is 1.93. The van der Waals surface area contributed by atoms with Gasteiger partial charge in [-0.2, -0.15) is 8.42 Å². The van der Waals surface area contributed by atoms with E-state index in [1.165, 1.54) is 13.2 Å². The molecule has 0 N–H and O–H groups in total. The normalized spacial score (nSPS) is 17.8. The molecule has 1 amide bonds. The van der Waals surface area contributed by atoms with Crippen LogP contribution in [0, 0.1) is 0 Å². The van der Waals surface area contributed by atoms with Gasteiger partial charge in [0.05, 0.1) is 24.5 Å². The van der Waals surface area contributed by atoms with Gasteiger partial charge in [0.2, 0.25) is 0 Å². The fourth-order valence-corrected chi connectivity index (χ4v) is 4.04. The van der Waals surface area contributed by atoms with Crippen LogP contribution < -0.4 is 4.74 Å². The van der Waals surface area contributed by atoms with Crippen LogP contribution in [-0.4, -0.2) is 63.0 Å². The van der Waals surface area contributed by atoms with Crippen molar-refractivity contribution in [3.05, 3.63) is 35.4 Å². The Labute approximate surface area is 182 Å². The molecule has 2 aliphatic heterocycles. The van der Waals surface area contributed by atoms with E-state index in [2.05, 4.69) is 0 Å². The minimum absolute atomic E-state index is 0.00969. The molecule has 0 saturated carbocycles. The highest BCUT2D eigenvalue weighted by Crippen LogP contribution is 2.43. The summed E-state index contributed by atoms with van der Waals surface area (Å²) in [7, 11) is -2.64. The zero-order valence-corrected chi connectivity index (χ0v) is 19.1. The third kappa shape index (κ3) is 5.30. The predicted octanol–water partition coefficient (Wildman–Crippen LogP) is 2.95. The molecule has 2 heterocycles. The SMILES string of the molecule is COC(=O)c1cccc2c1C(OS(C)(=O)=O)=CC1(CCN(C(=O)OC(C)(C)C)CC1)O2. The molecule has 0 radical (unpaired) electrons. The van der Waals surface area contributed by atoms with Crippen molar-refractivity contribution in [1.82, 2.24) is 4.90 Å². The van der Waals surface area contributed by atoms with Gasteiger partial charge in [0.1, 0.15) is 17.0 Å². The van der Waals surface area contributed by atoms with Crippen molar-refractivity contribution < 1.29 is 36.4 Å². The largest absolute Gasteiger partial charge is 0.482 e. The molecule has 0 unspecified atom stereocenters. The lowest BCUT2D eigenvalue weighted by atomic mass is 9.86. The summed E-state index contributed by atoms with van der Waals surface area (Å²) in [6.45, 7) is 6.10. The number of nitrogens with zero attached hydrogens (tertiary/aromatic N) is 1. The van der Waals surface area contributed by atoms with E-state index in [4.69, 9.17) is 18.4 Å². The number of ether oxygens (including phenoxy) is 3. The second-order valence-electron chi connectivity index (χ2n) is 8.60. The average Bonchev–Trinajstić information content (AvgIpc) is 2.64. The second-order valence-corrected chi connectivity index (χ2v) is 10.2. The molecule has 1 aromatic carbocycles. The van der Waals surface area contributed by atoms with Crippen molar-refractivity contribution >= 4 is 27.9 Å². The molecule has 1 saturated heterocycles. The maximum atomic E-state index is 12.4. The fraction of sp³-hybridized carbons (Fsp3) is 0.524. The van der Waals surface area contributed by atoms with Crippen LogP contribution in [-0.2, 0) is 23.8 Å². The Morgan fingerprint density at radius 2 is 1.81 bits per heavy atom. The van der Waals surface area contributed by atoms with E-state index in [0.717, 1.165) is 6.26 Å². The third-order valence-electron chi connectivity index (χ3n) is 4.89. The summed E-state index contributed by atoms with van der Waals surface area (Å²) in [5, 5.41) is 0. The zero-order chi connectivity index (χ0) is 23.0. The van der Waals surface area contributed by atoms with Gasteiger partial charge >= 0.3 is 22.2 Å². The van der Waals surface area contributed by atoms with Crippen LogP contribution in [0.1, 0.15) is 49.5 Å². The number of methoxy groups -OCH3 is 1. The summed E-state index contributed by atoms with van der Waals surface area (Å²) in [4.78, 5) is 26.2. The van der Waals surface area contributed by atoms with E-state index in [9.17, 15) is 18.0 Å². The molecule has 0 aromatic heterocycles. The number of piperidine rings is 1. The molecule has 31 heavy (non-hydrogen) atoms. The Morgan fingerprint density at radius 1 is 1.16 bits per heavy atom. The van der Waals surface area contributed by atoms with Crippen LogP contribution in [0.4, 0.5) is 4.79 Å². The molecule has 3 rings (SSSR count). The highest BCUT2D eigenvalue weighted by atomic mass is 32.2. The summed E-state index contributed by atoms with van der Waals surface area (Å²) in [5.74, 6) is -0.315. The summed E-state index contributed by atoms with van der Waals surface area (Å²) < 4.78 is 45.6. The lowest BCUT2D eigenvalue weighted by Gasteiger charge is -2.42. The number of hydrogen-bond acceptors (Lipinski definition) is 8. The van der Waals surface area contributed by atoms with Gasteiger partial charge in [-0.15, -0.1) is 0 Å². The number of esters is 1. The van der Waals surface area contributed by atoms with Crippen LogP contribution >= 0.6 is 0 Å². The summed E-state index contributed by atoms with van der Waals surface area (Å²) >= 11 is 0. The minimum Gasteiger partial charge on any atom is -0.482 e. The van der Waals surface area contributed by atoms with Gasteiger partial charge in [0, 0.05) is 32.0 Å². The van der Waals surface area contributed by atoms with Crippen LogP contribution in [0.15, 0.2) is 24.3 Å². The fourth-order valence-electron chi connectivity index (χ4n) is 3.58. The maximum Gasteiger partial charge on any atom is 0.410 e. The van der Waals surface area contributed by atoms with E-state index in [1.54, 1.807) is 43.9 Å². The molecule has 0 aliphatic carbocycles. The standard InChI is InChI=1S/C21H27NO8S/c1-20(2,3)29-19(24)22-11-9-21(10-12-22)13-16(30-31(5,25)26)17-14(18(23)27-4)7-6-8-15(17)28-21/h6-8,13H,9-12H2,1-5H3. The molecule has 0 atom stereocenters. The number of amides is 1. The van der Waals surface area contributed by atoms with Gasteiger partial charge in [-0.1, -0.05) is 6.07 Å². The molecule has 9 nitrogen and oxygen atoms in total. The first-order valence-corrected chi connectivity index (χ1v) is 11.7. The molecule has 1 aromatic rings. The van der Waals surface area contributed by atoms with Gasteiger partial charge in [0.15, 0.2) is 5.76 Å². The second kappa shape index (κ2) is 8.07. The number of benzene rings is 1. The number of fused-ring (bicyclic) bond motifs is 1.